The fourth-order valence-corrected chi connectivity index (χ4v) is 3.42. The van der Waals surface area contributed by atoms with Gasteiger partial charge in [0, 0.05) is 28.9 Å². The van der Waals surface area contributed by atoms with Crippen LogP contribution in [0.25, 0.3) is 10.9 Å². The van der Waals surface area contributed by atoms with Crippen LogP contribution in [0, 0.1) is 26.7 Å². The van der Waals surface area contributed by atoms with Crippen molar-refractivity contribution in [2.24, 2.45) is 5.92 Å². The zero-order valence-electron chi connectivity index (χ0n) is 12.0. The number of fused-ring (bicyclic) bond motifs is 1. The monoisotopic (exact) mass is 255 g/mol. The van der Waals surface area contributed by atoms with Crippen molar-refractivity contribution in [3.8, 4) is 0 Å². The summed E-state index contributed by atoms with van der Waals surface area (Å²) in [4.78, 5) is 15.4. The van der Waals surface area contributed by atoms with Crippen molar-refractivity contribution in [1.29, 1.82) is 0 Å². The number of nitrogens with one attached hydrogen (secondary N) is 1. The first-order valence-electron chi connectivity index (χ1n) is 7.18. The van der Waals surface area contributed by atoms with Gasteiger partial charge in [-0.15, -0.1) is 0 Å². The molecule has 1 fully saturated rings. The number of carbonyl (C=O) groups excluding carboxylic acids is 1. The van der Waals surface area contributed by atoms with E-state index in [1.54, 1.807) is 0 Å². The van der Waals surface area contributed by atoms with Crippen LogP contribution in [-0.4, -0.2) is 10.8 Å². The SMILES string of the molecule is Cc1[nH]c2c(C)ccc(C)c2c1CC1CCCC1=O. The van der Waals surface area contributed by atoms with Crippen molar-refractivity contribution in [3.05, 3.63) is 34.5 Å². The molecule has 1 N–H and O–H groups in total. The van der Waals surface area contributed by atoms with Crippen LogP contribution in [0.3, 0.4) is 0 Å². The van der Waals surface area contributed by atoms with Crippen LogP contribution in [0.2, 0.25) is 0 Å². The summed E-state index contributed by atoms with van der Waals surface area (Å²) in [5, 5.41) is 1.34. The van der Waals surface area contributed by atoms with Gasteiger partial charge in [0.1, 0.15) is 5.78 Å². The summed E-state index contributed by atoms with van der Waals surface area (Å²) in [6, 6.07) is 4.35. The Morgan fingerprint density at radius 1 is 1.21 bits per heavy atom. The number of rotatable bonds is 2. The van der Waals surface area contributed by atoms with Crippen LogP contribution >= 0.6 is 0 Å². The molecule has 0 radical (unpaired) electrons. The summed E-state index contributed by atoms with van der Waals surface area (Å²) < 4.78 is 0. The molecule has 0 amide bonds. The molecule has 0 aliphatic heterocycles. The Balaban J connectivity index is 2.10. The van der Waals surface area contributed by atoms with Gasteiger partial charge in [0.05, 0.1) is 0 Å². The van der Waals surface area contributed by atoms with E-state index in [1.165, 1.54) is 33.3 Å². The van der Waals surface area contributed by atoms with Crippen molar-refractivity contribution in [1.82, 2.24) is 4.98 Å². The fourth-order valence-electron chi connectivity index (χ4n) is 3.42. The maximum Gasteiger partial charge on any atom is 0.136 e. The summed E-state index contributed by atoms with van der Waals surface area (Å²) in [7, 11) is 0. The third kappa shape index (κ3) is 1.99. The molecule has 100 valence electrons. The van der Waals surface area contributed by atoms with Crippen molar-refractivity contribution in [2.75, 3.05) is 0 Å². The minimum Gasteiger partial charge on any atom is -0.358 e. The van der Waals surface area contributed by atoms with Gasteiger partial charge in [-0.05, 0) is 56.7 Å². The van der Waals surface area contributed by atoms with Crippen molar-refractivity contribution in [2.45, 2.75) is 46.5 Å². The Kier molecular flexibility index (Phi) is 2.96. The molecule has 1 aromatic heterocycles. The molecule has 19 heavy (non-hydrogen) atoms. The molecule has 2 nitrogen and oxygen atoms in total. The number of hydrogen-bond donors (Lipinski definition) is 1. The number of benzene rings is 1. The van der Waals surface area contributed by atoms with E-state index in [-0.39, 0.29) is 5.92 Å². The lowest BCUT2D eigenvalue weighted by molar-refractivity contribution is -0.120. The molecule has 0 saturated heterocycles. The van der Waals surface area contributed by atoms with Gasteiger partial charge in [-0.25, -0.2) is 0 Å². The number of aromatic nitrogens is 1. The number of ketones is 1. The Bertz CT molecular complexity index is 651. The highest BCUT2D eigenvalue weighted by atomic mass is 16.1. The topological polar surface area (TPSA) is 32.9 Å². The molecule has 1 aromatic carbocycles. The van der Waals surface area contributed by atoms with E-state index >= 15 is 0 Å². The second kappa shape index (κ2) is 4.52. The first kappa shape index (κ1) is 12.5. The normalized spacial score (nSPS) is 19.5. The number of H-pyrrole nitrogens is 1. The molecule has 0 bridgehead atoms. The third-order valence-electron chi connectivity index (χ3n) is 4.57. The van der Waals surface area contributed by atoms with E-state index in [4.69, 9.17) is 0 Å². The molecular weight excluding hydrogens is 234 g/mol. The smallest absolute Gasteiger partial charge is 0.136 e. The second-order valence-electron chi connectivity index (χ2n) is 5.94. The minimum atomic E-state index is 0.248. The zero-order chi connectivity index (χ0) is 13.6. The molecule has 1 aliphatic rings. The second-order valence-corrected chi connectivity index (χ2v) is 5.94. The summed E-state index contributed by atoms with van der Waals surface area (Å²) in [5.74, 6) is 0.705. The van der Waals surface area contributed by atoms with E-state index < -0.39 is 0 Å². The predicted octanol–water partition coefficient (Wildman–Crippen LogP) is 4.00. The van der Waals surface area contributed by atoms with Gasteiger partial charge in [0.2, 0.25) is 0 Å². The first-order valence-corrected chi connectivity index (χ1v) is 7.18. The number of aromatic amines is 1. The van der Waals surface area contributed by atoms with Crippen molar-refractivity contribution < 1.29 is 4.79 Å². The number of hydrogen-bond acceptors (Lipinski definition) is 1. The Labute approximate surface area is 114 Å². The van der Waals surface area contributed by atoms with E-state index in [0.717, 1.165) is 25.7 Å². The summed E-state index contributed by atoms with van der Waals surface area (Å²) >= 11 is 0. The largest absolute Gasteiger partial charge is 0.358 e. The molecule has 0 spiro atoms. The Morgan fingerprint density at radius 3 is 2.63 bits per heavy atom. The van der Waals surface area contributed by atoms with Gasteiger partial charge in [0.25, 0.3) is 0 Å². The van der Waals surface area contributed by atoms with Crippen LogP contribution in [0.4, 0.5) is 0 Å². The molecule has 1 unspecified atom stereocenters. The van der Waals surface area contributed by atoms with Gasteiger partial charge < -0.3 is 4.98 Å². The molecule has 2 heteroatoms. The third-order valence-corrected chi connectivity index (χ3v) is 4.57. The maximum atomic E-state index is 11.9. The van der Waals surface area contributed by atoms with Gasteiger partial charge in [-0.3, -0.25) is 4.79 Å². The van der Waals surface area contributed by atoms with Gasteiger partial charge in [-0.1, -0.05) is 12.1 Å². The number of aryl methyl sites for hydroxylation is 3. The van der Waals surface area contributed by atoms with E-state index in [2.05, 4.69) is 37.9 Å². The summed E-state index contributed by atoms with van der Waals surface area (Å²) in [5.41, 5.74) is 6.43. The quantitative estimate of drug-likeness (QED) is 0.864. The van der Waals surface area contributed by atoms with Gasteiger partial charge >= 0.3 is 0 Å². The average Bonchev–Trinajstić information content (AvgIpc) is 2.91. The minimum absolute atomic E-state index is 0.248. The van der Waals surface area contributed by atoms with Crippen molar-refractivity contribution in [3.63, 3.8) is 0 Å². The zero-order valence-corrected chi connectivity index (χ0v) is 12.0. The molecule has 2 aromatic rings. The van der Waals surface area contributed by atoms with Crippen LogP contribution in [0.1, 0.15) is 41.6 Å². The highest BCUT2D eigenvalue weighted by Gasteiger charge is 2.26. The van der Waals surface area contributed by atoms with Crippen LogP contribution in [0.15, 0.2) is 12.1 Å². The predicted molar refractivity (Wildman–Crippen MR) is 78.6 cm³/mol. The lowest BCUT2D eigenvalue weighted by Crippen LogP contribution is -2.10. The lowest BCUT2D eigenvalue weighted by Gasteiger charge is -2.09. The molecule has 1 atom stereocenters. The Morgan fingerprint density at radius 2 is 1.95 bits per heavy atom. The van der Waals surface area contributed by atoms with Crippen LogP contribution < -0.4 is 0 Å². The summed E-state index contributed by atoms with van der Waals surface area (Å²) in [6.07, 6.45) is 3.83. The van der Waals surface area contributed by atoms with Crippen LogP contribution in [-0.2, 0) is 11.2 Å². The standard InChI is InChI=1S/C17H21NO/c1-10-7-8-11(2)17-16(10)14(12(3)18-17)9-13-5-4-6-15(13)19/h7-8,13,18H,4-6,9H2,1-3H3. The maximum absolute atomic E-state index is 11.9. The molecule has 1 heterocycles. The van der Waals surface area contributed by atoms with E-state index in [0.29, 0.717) is 5.78 Å². The van der Waals surface area contributed by atoms with Crippen LogP contribution in [0.5, 0.6) is 0 Å². The number of Topliss-reactive ketones (excluding diaryl/α,β-unsaturated/α-hetero) is 1. The van der Waals surface area contributed by atoms with Gasteiger partial charge in [-0.2, -0.15) is 0 Å². The lowest BCUT2D eigenvalue weighted by atomic mass is 9.93. The first-order chi connectivity index (χ1) is 9.08. The average molecular weight is 255 g/mol. The molecule has 1 aliphatic carbocycles. The van der Waals surface area contributed by atoms with Gasteiger partial charge in [0.15, 0.2) is 0 Å². The highest BCUT2D eigenvalue weighted by Crippen LogP contribution is 2.33. The number of carbonyl (C=O) groups is 1. The molecule has 1 saturated carbocycles. The fraction of sp³-hybridized carbons (Fsp3) is 0.471. The molecule has 3 rings (SSSR count). The van der Waals surface area contributed by atoms with E-state index in [1.807, 2.05) is 0 Å². The summed E-state index contributed by atoms with van der Waals surface area (Å²) in [6.45, 7) is 6.44. The molecular formula is C17H21NO. The van der Waals surface area contributed by atoms with E-state index in [9.17, 15) is 4.79 Å². The Hall–Kier alpha value is -1.57. The van der Waals surface area contributed by atoms with Crippen molar-refractivity contribution >= 4 is 16.7 Å². The highest BCUT2D eigenvalue weighted by molar-refractivity contribution is 5.91.